The van der Waals surface area contributed by atoms with Crippen molar-refractivity contribution in [3.05, 3.63) is 60.2 Å². The second-order valence-corrected chi connectivity index (χ2v) is 4.30. The van der Waals surface area contributed by atoms with Crippen LogP contribution in [0.1, 0.15) is 5.56 Å². The van der Waals surface area contributed by atoms with E-state index in [2.05, 4.69) is 0 Å². The molecule has 0 amide bonds. The van der Waals surface area contributed by atoms with E-state index in [-0.39, 0.29) is 0 Å². The Kier molecular flexibility index (Phi) is 5.61. The first kappa shape index (κ1) is 14.6. The molecule has 0 bridgehead atoms. The largest absolute Gasteiger partial charge is 0.492 e. The zero-order valence-electron chi connectivity index (χ0n) is 11.1. The van der Waals surface area contributed by atoms with Gasteiger partial charge in [-0.25, -0.2) is 0 Å². The highest BCUT2D eigenvalue weighted by Gasteiger charge is 2.15. The molecule has 0 aliphatic heterocycles. The van der Waals surface area contributed by atoms with Crippen molar-refractivity contribution in [2.75, 3.05) is 13.2 Å². The van der Waals surface area contributed by atoms with E-state index in [1.54, 1.807) is 24.3 Å². The van der Waals surface area contributed by atoms with Crippen molar-refractivity contribution in [3.63, 3.8) is 0 Å². The summed E-state index contributed by atoms with van der Waals surface area (Å²) in [4.78, 5) is 0. The molecule has 0 aromatic heterocycles. The maximum Gasteiger partial charge on any atom is 0.492 e. The van der Waals surface area contributed by atoms with Crippen LogP contribution in [-0.2, 0) is 11.3 Å². The van der Waals surface area contributed by atoms with Crippen LogP contribution in [-0.4, -0.2) is 30.4 Å². The van der Waals surface area contributed by atoms with Gasteiger partial charge in [0, 0.05) is 5.46 Å². The average Bonchev–Trinajstić information content (AvgIpc) is 2.48. The Morgan fingerprint density at radius 1 is 0.850 bits per heavy atom. The lowest BCUT2D eigenvalue weighted by Gasteiger charge is -2.11. The molecule has 0 aliphatic rings. The zero-order chi connectivity index (χ0) is 14.2. The van der Waals surface area contributed by atoms with Gasteiger partial charge in [0.15, 0.2) is 0 Å². The summed E-state index contributed by atoms with van der Waals surface area (Å²) < 4.78 is 11.0. The highest BCUT2D eigenvalue weighted by Crippen LogP contribution is 2.07. The number of ether oxygens (including phenoxy) is 2. The van der Waals surface area contributed by atoms with E-state index < -0.39 is 7.12 Å². The van der Waals surface area contributed by atoms with Crippen molar-refractivity contribution in [2.45, 2.75) is 6.61 Å². The van der Waals surface area contributed by atoms with Gasteiger partial charge < -0.3 is 19.5 Å². The molecule has 4 nitrogen and oxygen atoms in total. The third kappa shape index (κ3) is 4.38. The summed E-state index contributed by atoms with van der Waals surface area (Å²) in [6.45, 7) is 1.33. The van der Waals surface area contributed by atoms with E-state index in [9.17, 15) is 10.0 Å². The molecule has 0 spiro atoms. The van der Waals surface area contributed by atoms with Crippen LogP contribution in [0.5, 0.6) is 5.75 Å². The Morgan fingerprint density at radius 2 is 1.55 bits per heavy atom. The molecule has 0 saturated carbocycles. The Hall–Kier alpha value is -1.82. The van der Waals surface area contributed by atoms with Gasteiger partial charge in [0.2, 0.25) is 0 Å². The third-order valence-electron chi connectivity index (χ3n) is 2.79. The van der Waals surface area contributed by atoms with Crippen LogP contribution in [0, 0.1) is 0 Å². The van der Waals surface area contributed by atoms with Gasteiger partial charge in [-0.3, -0.25) is 0 Å². The summed E-state index contributed by atoms with van der Waals surface area (Å²) >= 11 is 0. The van der Waals surface area contributed by atoms with Crippen molar-refractivity contribution >= 4 is 12.6 Å². The molecular weight excluding hydrogens is 255 g/mol. The first-order valence-corrected chi connectivity index (χ1v) is 6.47. The number of para-hydroxylation sites is 1. The zero-order valence-corrected chi connectivity index (χ0v) is 11.1. The first-order chi connectivity index (χ1) is 9.77. The van der Waals surface area contributed by atoms with Crippen molar-refractivity contribution in [1.82, 2.24) is 0 Å². The van der Waals surface area contributed by atoms with Crippen LogP contribution in [0.3, 0.4) is 0 Å². The van der Waals surface area contributed by atoms with Gasteiger partial charge in [0.25, 0.3) is 0 Å². The Bertz CT molecular complexity index is 516. The average molecular weight is 272 g/mol. The predicted octanol–water partition coefficient (Wildman–Crippen LogP) is 0.962. The van der Waals surface area contributed by atoms with Crippen molar-refractivity contribution in [3.8, 4) is 5.75 Å². The smallest absolute Gasteiger partial charge is 0.492 e. The second-order valence-electron chi connectivity index (χ2n) is 4.30. The van der Waals surface area contributed by atoms with Crippen LogP contribution in [0.4, 0.5) is 0 Å². The van der Waals surface area contributed by atoms with E-state index in [0.29, 0.717) is 31.0 Å². The Morgan fingerprint density at radius 3 is 2.30 bits per heavy atom. The highest BCUT2D eigenvalue weighted by atomic mass is 16.5. The number of rotatable bonds is 7. The standard InChI is InChI=1S/C15H17BO4/c17-16(18)14-8-4-5-9-15(14)20-11-10-19-12-13-6-2-1-3-7-13/h1-9,17-18H,10-12H2. The van der Waals surface area contributed by atoms with Gasteiger partial charge in [0.1, 0.15) is 12.4 Å². The van der Waals surface area contributed by atoms with Gasteiger partial charge in [0.05, 0.1) is 13.2 Å². The van der Waals surface area contributed by atoms with Gasteiger partial charge >= 0.3 is 7.12 Å². The van der Waals surface area contributed by atoms with E-state index in [0.717, 1.165) is 5.56 Å². The van der Waals surface area contributed by atoms with Gasteiger partial charge in [-0.15, -0.1) is 0 Å². The number of hydrogen-bond donors (Lipinski definition) is 2. The molecule has 0 unspecified atom stereocenters. The van der Waals surface area contributed by atoms with Crippen molar-refractivity contribution in [1.29, 1.82) is 0 Å². The minimum atomic E-state index is -1.53. The first-order valence-electron chi connectivity index (χ1n) is 6.47. The van der Waals surface area contributed by atoms with E-state index in [4.69, 9.17) is 9.47 Å². The summed E-state index contributed by atoms with van der Waals surface area (Å²) in [5.74, 6) is 0.464. The topological polar surface area (TPSA) is 58.9 Å². The van der Waals surface area contributed by atoms with Crippen LogP contribution < -0.4 is 10.2 Å². The molecule has 0 atom stereocenters. The van der Waals surface area contributed by atoms with E-state index >= 15 is 0 Å². The number of hydrogen-bond acceptors (Lipinski definition) is 4. The number of benzene rings is 2. The lowest BCUT2D eigenvalue weighted by molar-refractivity contribution is 0.0891. The minimum Gasteiger partial charge on any atom is -0.492 e. The predicted molar refractivity (Wildman–Crippen MR) is 77.9 cm³/mol. The minimum absolute atomic E-state index is 0.357. The highest BCUT2D eigenvalue weighted by molar-refractivity contribution is 6.59. The quantitative estimate of drug-likeness (QED) is 0.582. The van der Waals surface area contributed by atoms with Crippen LogP contribution in [0.2, 0.25) is 0 Å². The third-order valence-corrected chi connectivity index (χ3v) is 2.79. The fourth-order valence-electron chi connectivity index (χ4n) is 1.80. The SMILES string of the molecule is OB(O)c1ccccc1OCCOCc1ccccc1. The maximum atomic E-state index is 9.20. The van der Waals surface area contributed by atoms with Crippen LogP contribution >= 0.6 is 0 Å². The lowest BCUT2D eigenvalue weighted by atomic mass is 9.79. The molecular formula is C15H17BO4. The summed E-state index contributed by atoms with van der Waals surface area (Å²) in [6, 6.07) is 16.7. The van der Waals surface area contributed by atoms with Gasteiger partial charge in [-0.05, 0) is 11.6 Å². The fraction of sp³-hybridized carbons (Fsp3) is 0.200. The molecule has 0 fully saturated rings. The molecule has 2 rings (SSSR count). The summed E-state index contributed by atoms with van der Waals surface area (Å²) in [7, 11) is -1.53. The summed E-state index contributed by atoms with van der Waals surface area (Å²) in [5, 5.41) is 18.4. The van der Waals surface area contributed by atoms with E-state index in [1.165, 1.54) is 0 Å². The molecule has 2 N–H and O–H groups in total. The summed E-state index contributed by atoms with van der Waals surface area (Å²) in [6.07, 6.45) is 0. The van der Waals surface area contributed by atoms with Crippen LogP contribution in [0.25, 0.3) is 0 Å². The molecule has 0 aliphatic carbocycles. The molecule has 104 valence electrons. The molecule has 0 heterocycles. The van der Waals surface area contributed by atoms with E-state index in [1.807, 2.05) is 30.3 Å². The van der Waals surface area contributed by atoms with Gasteiger partial charge in [-0.1, -0.05) is 48.5 Å². The maximum absolute atomic E-state index is 9.20. The lowest BCUT2D eigenvalue weighted by Crippen LogP contribution is -2.31. The second kappa shape index (κ2) is 7.70. The molecule has 2 aromatic rings. The Balaban J connectivity index is 1.74. The van der Waals surface area contributed by atoms with Crippen LogP contribution in [0.15, 0.2) is 54.6 Å². The molecule has 20 heavy (non-hydrogen) atoms. The molecule has 0 saturated heterocycles. The molecule has 2 aromatic carbocycles. The summed E-state index contributed by atoms with van der Waals surface area (Å²) in [5.41, 5.74) is 1.47. The van der Waals surface area contributed by atoms with Crippen molar-refractivity contribution < 1.29 is 19.5 Å². The normalized spacial score (nSPS) is 10.3. The molecule has 0 radical (unpaired) electrons. The monoisotopic (exact) mass is 272 g/mol. The van der Waals surface area contributed by atoms with Gasteiger partial charge in [-0.2, -0.15) is 0 Å². The van der Waals surface area contributed by atoms with Crippen molar-refractivity contribution in [2.24, 2.45) is 0 Å². The molecule has 5 heteroatoms. The Labute approximate surface area is 118 Å². The fourth-order valence-corrected chi connectivity index (χ4v) is 1.80.